The molecule has 3 aliphatic heterocycles. The number of carbonyl (C=O) groups is 1. The zero-order valence-corrected chi connectivity index (χ0v) is 14.4. The first-order chi connectivity index (χ1) is 12.3. The van der Waals surface area contributed by atoms with Crippen LogP contribution in [-0.4, -0.2) is 42.7 Å². The first kappa shape index (κ1) is 16.6. The standard InChI is InChI=1S/C17H17ClF3N3O2/c18-11-2-8(17(19,20)21)3-22-15(11)24-4-7-1-12(24)14(7)23-16(25)13-9-5-26-6-10(9)13/h2-3,7,9-10,12-14H,1,4-6H2,(H,23,25)/t7?,9-,10+,12?,13?,14?. The second-order valence-electron chi connectivity index (χ2n) is 7.67. The molecule has 9 heteroatoms. The number of hydrogen-bond acceptors (Lipinski definition) is 4. The molecule has 0 radical (unpaired) electrons. The molecule has 6 atom stereocenters. The van der Waals surface area contributed by atoms with Gasteiger partial charge in [-0.1, -0.05) is 11.6 Å². The van der Waals surface area contributed by atoms with Gasteiger partial charge in [0.25, 0.3) is 0 Å². The fourth-order valence-electron chi connectivity index (χ4n) is 4.76. The molecule has 1 aromatic heterocycles. The van der Waals surface area contributed by atoms with Gasteiger partial charge in [-0.15, -0.1) is 0 Å². The van der Waals surface area contributed by atoms with Crippen molar-refractivity contribution >= 4 is 23.3 Å². The van der Waals surface area contributed by atoms with Crippen LogP contribution in [0.4, 0.5) is 19.0 Å². The Bertz CT molecular complexity index is 764. The van der Waals surface area contributed by atoms with Gasteiger partial charge in [-0.3, -0.25) is 4.79 Å². The maximum absolute atomic E-state index is 12.8. The van der Waals surface area contributed by atoms with Crippen LogP contribution in [0.1, 0.15) is 12.0 Å². The van der Waals surface area contributed by atoms with Gasteiger partial charge in [0.05, 0.1) is 35.9 Å². The van der Waals surface area contributed by atoms with Gasteiger partial charge in [-0.25, -0.2) is 4.98 Å². The molecule has 5 nitrogen and oxygen atoms in total. The number of nitrogens with one attached hydrogen (secondary N) is 1. The molecule has 1 aromatic rings. The quantitative estimate of drug-likeness (QED) is 0.865. The molecule has 4 heterocycles. The topological polar surface area (TPSA) is 54.5 Å². The highest BCUT2D eigenvalue weighted by Gasteiger charge is 2.60. The zero-order valence-electron chi connectivity index (χ0n) is 13.7. The summed E-state index contributed by atoms with van der Waals surface area (Å²) in [5, 5.41) is 3.13. The number of amides is 1. The summed E-state index contributed by atoms with van der Waals surface area (Å²) in [7, 11) is 0. The lowest BCUT2D eigenvalue weighted by Crippen LogP contribution is -2.55. The molecule has 2 saturated carbocycles. The van der Waals surface area contributed by atoms with Crippen LogP contribution >= 0.6 is 11.6 Å². The normalized spacial score (nSPS) is 37.3. The maximum atomic E-state index is 12.8. The third-order valence-corrected chi connectivity index (χ3v) is 6.56. The molecule has 2 bridgehead atoms. The Morgan fingerprint density at radius 2 is 2.08 bits per heavy atom. The lowest BCUT2D eigenvalue weighted by Gasteiger charge is -2.37. The van der Waals surface area contributed by atoms with Crippen molar-refractivity contribution < 1.29 is 22.7 Å². The smallest absolute Gasteiger partial charge is 0.381 e. The van der Waals surface area contributed by atoms with Crippen molar-refractivity contribution in [2.75, 3.05) is 24.7 Å². The van der Waals surface area contributed by atoms with Crippen LogP contribution in [0, 0.1) is 23.7 Å². The molecule has 5 fully saturated rings. The van der Waals surface area contributed by atoms with Crippen LogP contribution in [0.3, 0.4) is 0 Å². The SMILES string of the molecule is O=C(NC1C2CC1N(c1ncc(C(F)(F)F)cc1Cl)C2)C1[C@H]2COC[C@@H]12. The van der Waals surface area contributed by atoms with Crippen molar-refractivity contribution in [3.63, 3.8) is 0 Å². The van der Waals surface area contributed by atoms with E-state index >= 15 is 0 Å². The number of alkyl halides is 3. The summed E-state index contributed by atoms with van der Waals surface area (Å²) < 4.78 is 43.6. The fraction of sp³-hybridized carbons (Fsp3) is 0.647. The van der Waals surface area contributed by atoms with Gasteiger partial charge >= 0.3 is 6.18 Å². The van der Waals surface area contributed by atoms with Gasteiger partial charge in [-0.05, 0) is 24.3 Å². The van der Waals surface area contributed by atoms with Gasteiger partial charge in [0.2, 0.25) is 5.91 Å². The first-order valence-corrected chi connectivity index (χ1v) is 9.10. The van der Waals surface area contributed by atoms with Crippen LogP contribution in [0.2, 0.25) is 5.02 Å². The number of pyridine rings is 1. The number of anilines is 1. The third-order valence-electron chi connectivity index (χ3n) is 6.28. The Kier molecular flexibility index (Phi) is 3.50. The van der Waals surface area contributed by atoms with Crippen LogP contribution in [0.5, 0.6) is 0 Å². The van der Waals surface area contributed by atoms with Gasteiger partial charge < -0.3 is 15.0 Å². The second kappa shape index (κ2) is 5.48. The Morgan fingerprint density at radius 1 is 1.35 bits per heavy atom. The summed E-state index contributed by atoms with van der Waals surface area (Å²) in [5.74, 6) is 1.51. The maximum Gasteiger partial charge on any atom is 0.417 e. The summed E-state index contributed by atoms with van der Waals surface area (Å²) >= 11 is 6.07. The Morgan fingerprint density at radius 3 is 2.73 bits per heavy atom. The number of rotatable bonds is 3. The zero-order chi connectivity index (χ0) is 18.2. The van der Waals surface area contributed by atoms with Crippen molar-refractivity contribution in [1.29, 1.82) is 0 Å². The molecule has 5 aliphatic rings. The molecule has 3 saturated heterocycles. The van der Waals surface area contributed by atoms with Crippen molar-refractivity contribution in [3.05, 3.63) is 22.8 Å². The Hall–Kier alpha value is -1.54. The number of hydrogen-bond donors (Lipinski definition) is 1. The Labute approximate surface area is 152 Å². The summed E-state index contributed by atoms with van der Waals surface area (Å²) in [5.41, 5.74) is -0.856. The number of halogens is 4. The number of ether oxygens (including phenoxy) is 1. The predicted octanol–water partition coefficient (Wildman–Crippen LogP) is 2.34. The minimum atomic E-state index is -4.47. The molecule has 1 amide bonds. The lowest BCUT2D eigenvalue weighted by atomic mass is 9.80. The van der Waals surface area contributed by atoms with E-state index in [0.717, 1.165) is 18.7 Å². The summed E-state index contributed by atoms with van der Waals surface area (Å²) in [6.45, 7) is 1.98. The summed E-state index contributed by atoms with van der Waals surface area (Å²) in [6.07, 6.45) is -2.76. The molecule has 0 spiro atoms. The molecule has 4 unspecified atom stereocenters. The van der Waals surface area contributed by atoms with E-state index in [4.69, 9.17) is 16.3 Å². The predicted molar refractivity (Wildman–Crippen MR) is 86.7 cm³/mol. The molecule has 140 valence electrons. The summed E-state index contributed by atoms with van der Waals surface area (Å²) in [6, 6.07) is 0.976. The molecular formula is C17H17ClF3N3O2. The van der Waals surface area contributed by atoms with Gasteiger partial charge in [0.15, 0.2) is 0 Å². The summed E-state index contributed by atoms with van der Waals surface area (Å²) in [4.78, 5) is 18.3. The minimum absolute atomic E-state index is 0.00803. The van der Waals surface area contributed by atoms with Gasteiger partial charge in [0, 0.05) is 24.6 Å². The van der Waals surface area contributed by atoms with Gasteiger partial charge in [-0.2, -0.15) is 13.2 Å². The van der Waals surface area contributed by atoms with E-state index in [2.05, 4.69) is 10.3 Å². The van der Waals surface area contributed by atoms with Crippen LogP contribution in [0.25, 0.3) is 0 Å². The van der Waals surface area contributed by atoms with Crippen LogP contribution < -0.4 is 10.2 Å². The molecule has 0 aromatic carbocycles. The van der Waals surface area contributed by atoms with Crippen LogP contribution in [0.15, 0.2) is 12.3 Å². The first-order valence-electron chi connectivity index (χ1n) is 8.72. The van der Waals surface area contributed by atoms with Crippen molar-refractivity contribution in [2.45, 2.75) is 24.7 Å². The van der Waals surface area contributed by atoms with E-state index in [1.54, 1.807) is 0 Å². The van der Waals surface area contributed by atoms with E-state index in [0.29, 0.717) is 43.3 Å². The van der Waals surface area contributed by atoms with Gasteiger partial charge in [0.1, 0.15) is 5.82 Å². The van der Waals surface area contributed by atoms with E-state index < -0.39 is 11.7 Å². The number of aromatic nitrogens is 1. The van der Waals surface area contributed by atoms with E-state index in [-0.39, 0.29) is 28.9 Å². The largest absolute Gasteiger partial charge is 0.417 e. The molecule has 2 aliphatic carbocycles. The van der Waals surface area contributed by atoms with Crippen molar-refractivity contribution in [1.82, 2.24) is 10.3 Å². The third kappa shape index (κ3) is 2.41. The number of carbonyl (C=O) groups excluding carboxylic acids is 1. The second-order valence-corrected chi connectivity index (χ2v) is 8.08. The molecule has 6 rings (SSSR count). The molecular weight excluding hydrogens is 371 g/mol. The van der Waals surface area contributed by atoms with Crippen LogP contribution in [-0.2, 0) is 15.7 Å². The lowest BCUT2D eigenvalue weighted by molar-refractivity contribution is -0.137. The number of nitrogens with zero attached hydrogens (tertiary/aromatic N) is 2. The van der Waals surface area contributed by atoms with E-state index in [9.17, 15) is 18.0 Å². The highest BCUT2D eigenvalue weighted by Crippen LogP contribution is 2.52. The fourth-order valence-corrected chi connectivity index (χ4v) is 5.04. The van der Waals surface area contributed by atoms with E-state index in [1.165, 1.54) is 0 Å². The van der Waals surface area contributed by atoms with E-state index in [1.807, 2.05) is 4.90 Å². The van der Waals surface area contributed by atoms with Crippen molar-refractivity contribution in [3.8, 4) is 0 Å². The Balaban J connectivity index is 1.27. The highest BCUT2D eigenvalue weighted by atomic mass is 35.5. The van der Waals surface area contributed by atoms with Crippen molar-refractivity contribution in [2.24, 2.45) is 23.7 Å². The molecule has 26 heavy (non-hydrogen) atoms. The highest BCUT2D eigenvalue weighted by molar-refractivity contribution is 6.33. The average molecular weight is 388 g/mol. The molecule has 1 N–H and O–H groups in total. The average Bonchev–Trinajstić information content (AvgIpc) is 2.99. The monoisotopic (exact) mass is 387 g/mol. The number of fused-ring (bicyclic) bond motifs is 2. The minimum Gasteiger partial charge on any atom is -0.381 e.